The molecule has 21 heavy (non-hydrogen) atoms. The van der Waals surface area contributed by atoms with Crippen LogP contribution in [0.2, 0.25) is 0 Å². The number of hydrogen-bond donors (Lipinski definition) is 1. The van der Waals surface area contributed by atoms with Gasteiger partial charge in [0.05, 0.1) is 0 Å². The van der Waals surface area contributed by atoms with Crippen LogP contribution in [0.5, 0.6) is 0 Å². The molecule has 1 aromatic carbocycles. The van der Waals surface area contributed by atoms with Gasteiger partial charge in [-0.1, -0.05) is 29.9 Å². The summed E-state index contributed by atoms with van der Waals surface area (Å²) in [4.78, 5) is 18.6. The van der Waals surface area contributed by atoms with E-state index >= 15 is 0 Å². The summed E-state index contributed by atoms with van der Waals surface area (Å²) < 4.78 is 0. The average Bonchev–Trinajstić information content (AvgIpc) is 2.50. The minimum atomic E-state index is -0.143. The highest BCUT2D eigenvalue weighted by Crippen LogP contribution is 2.17. The Bertz CT molecular complexity index is 650. The fraction of sp³-hybridized carbons (Fsp3) is 0.188. The summed E-state index contributed by atoms with van der Waals surface area (Å²) in [5, 5.41) is 0. The SMILES string of the molecule is CCN(C(=O)c1ccc(C(N)=S)cn1)c1ccc(C)cc1. The summed E-state index contributed by atoms with van der Waals surface area (Å²) in [6.07, 6.45) is 1.53. The minimum Gasteiger partial charge on any atom is -0.389 e. The van der Waals surface area contributed by atoms with E-state index in [1.165, 1.54) is 6.20 Å². The molecule has 0 radical (unpaired) electrons. The number of pyridine rings is 1. The lowest BCUT2D eigenvalue weighted by atomic mass is 10.2. The van der Waals surface area contributed by atoms with E-state index in [9.17, 15) is 4.79 Å². The van der Waals surface area contributed by atoms with Gasteiger partial charge in [-0.25, -0.2) is 0 Å². The van der Waals surface area contributed by atoms with Crippen molar-refractivity contribution in [3.05, 3.63) is 59.4 Å². The van der Waals surface area contributed by atoms with Crippen molar-refractivity contribution in [3.63, 3.8) is 0 Å². The third-order valence-corrected chi connectivity index (χ3v) is 3.41. The second-order valence-corrected chi connectivity index (χ2v) is 5.12. The van der Waals surface area contributed by atoms with Crippen LogP contribution >= 0.6 is 12.2 Å². The molecule has 2 N–H and O–H groups in total. The van der Waals surface area contributed by atoms with Crippen LogP contribution in [0.1, 0.15) is 28.5 Å². The van der Waals surface area contributed by atoms with E-state index < -0.39 is 0 Å². The van der Waals surface area contributed by atoms with Crippen LogP contribution in [0, 0.1) is 6.92 Å². The predicted octanol–water partition coefficient (Wildman–Crippen LogP) is 2.69. The highest BCUT2D eigenvalue weighted by Gasteiger charge is 2.17. The van der Waals surface area contributed by atoms with Gasteiger partial charge < -0.3 is 10.6 Å². The molecule has 1 aromatic heterocycles. The van der Waals surface area contributed by atoms with Crippen molar-refractivity contribution in [1.29, 1.82) is 0 Å². The molecule has 0 fully saturated rings. The fourth-order valence-corrected chi connectivity index (χ4v) is 2.09. The van der Waals surface area contributed by atoms with Crippen molar-refractivity contribution in [3.8, 4) is 0 Å². The number of nitrogens with two attached hydrogens (primary N) is 1. The standard InChI is InChI=1S/C16H17N3OS/c1-3-19(13-7-4-11(2)5-8-13)16(20)14-9-6-12(10-18-14)15(17)21/h4-10H,3H2,1-2H3,(H2,17,21). The number of thiocarbonyl (C=S) groups is 1. The van der Waals surface area contributed by atoms with Gasteiger partial charge in [-0.15, -0.1) is 0 Å². The molecule has 0 unspecified atom stereocenters. The van der Waals surface area contributed by atoms with Gasteiger partial charge in [0.25, 0.3) is 5.91 Å². The number of amides is 1. The Morgan fingerprint density at radius 3 is 2.38 bits per heavy atom. The monoisotopic (exact) mass is 299 g/mol. The molecule has 0 bridgehead atoms. The smallest absolute Gasteiger partial charge is 0.276 e. The van der Waals surface area contributed by atoms with Gasteiger partial charge in [-0.2, -0.15) is 0 Å². The number of anilines is 1. The van der Waals surface area contributed by atoms with E-state index in [1.54, 1.807) is 17.0 Å². The zero-order valence-electron chi connectivity index (χ0n) is 12.0. The maximum Gasteiger partial charge on any atom is 0.276 e. The van der Waals surface area contributed by atoms with Crippen molar-refractivity contribution in [1.82, 2.24) is 4.98 Å². The molecule has 0 aliphatic rings. The van der Waals surface area contributed by atoms with Crippen molar-refractivity contribution < 1.29 is 4.79 Å². The normalized spacial score (nSPS) is 10.2. The molecule has 108 valence electrons. The highest BCUT2D eigenvalue weighted by atomic mass is 32.1. The average molecular weight is 299 g/mol. The molecule has 0 spiro atoms. The lowest BCUT2D eigenvalue weighted by Gasteiger charge is -2.20. The topological polar surface area (TPSA) is 59.2 Å². The van der Waals surface area contributed by atoms with Crippen LogP contribution in [0.25, 0.3) is 0 Å². The van der Waals surface area contributed by atoms with Crippen molar-refractivity contribution >= 4 is 28.8 Å². The maximum absolute atomic E-state index is 12.5. The molecule has 4 nitrogen and oxygen atoms in total. The number of carbonyl (C=O) groups is 1. The number of aryl methyl sites for hydroxylation is 1. The molecule has 0 aliphatic carbocycles. The summed E-state index contributed by atoms with van der Waals surface area (Å²) >= 11 is 4.88. The van der Waals surface area contributed by atoms with Crippen LogP contribution < -0.4 is 10.6 Å². The van der Waals surface area contributed by atoms with Crippen molar-refractivity contribution in [2.24, 2.45) is 5.73 Å². The number of aromatic nitrogens is 1. The second kappa shape index (κ2) is 6.45. The molecule has 0 atom stereocenters. The summed E-state index contributed by atoms with van der Waals surface area (Å²) in [6, 6.07) is 11.2. The highest BCUT2D eigenvalue weighted by molar-refractivity contribution is 7.80. The summed E-state index contributed by atoms with van der Waals surface area (Å²) in [5.74, 6) is -0.143. The Balaban J connectivity index is 2.27. The first-order valence-electron chi connectivity index (χ1n) is 6.67. The zero-order valence-corrected chi connectivity index (χ0v) is 12.9. The molecule has 1 heterocycles. The Hall–Kier alpha value is -2.27. The molecular weight excluding hydrogens is 282 g/mol. The Morgan fingerprint density at radius 1 is 1.24 bits per heavy atom. The molecule has 0 saturated carbocycles. The minimum absolute atomic E-state index is 0.143. The first kappa shape index (κ1) is 15.1. The predicted molar refractivity (Wildman–Crippen MR) is 88.7 cm³/mol. The first-order valence-corrected chi connectivity index (χ1v) is 7.08. The Labute approximate surface area is 129 Å². The van der Waals surface area contributed by atoms with Crippen LogP contribution in [0.3, 0.4) is 0 Å². The summed E-state index contributed by atoms with van der Waals surface area (Å²) in [7, 11) is 0. The van der Waals surface area contributed by atoms with Crippen LogP contribution in [0.4, 0.5) is 5.69 Å². The van der Waals surface area contributed by atoms with Gasteiger partial charge in [-0.05, 0) is 38.1 Å². The van der Waals surface area contributed by atoms with E-state index in [2.05, 4.69) is 4.98 Å². The lowest BCUT2D eigenvalue weighted by Crippen LogP contribution is -2.31. The van der Waals surface area contributed by atoms with E-state index in [0.29, 0.717) is 17.8 Å². The lowest BCUT2D eigenvalue weighted by molar-refractivity contribution is 0.0983. The van der Waals surface area contributed by atoms with E-state index in [4.69, 9.17) is 18.0 Å². The molecule has 5 heteroatoms. The third kappa shape index (κ3) is 3.44. The van der Waals surface area contributed by atoms with Gasteiger partial charge >= 0.3 is 0 Å². The summed E-state index contributed by atoms with van der Waals surface area (Å²) in [5.41, 5.74) is 8.56. The van der Waals surface area contributed by atoms with Crippen molar-refractivity contribution in [2.45, 2.75) is 13.8 Å². The second-order valence-electron chi connectivity index (χ2n) is 4.68. The van der Waals surface area contributed by atoms with E-state index in [0.717, 1.165) is 11.3 Å². The Morgan fingerprint density at radius 2 is 1.90 bits per heavy atom. The number of carbonyl (C=O) groups excluding carboxylic acids is 1. The first-order chi connectivity index (χ1) is 10.0. The molecule has 2 aromatic rings. The number of nitrogens with zero attached hydrogens (tertiary/aromatic N) is 2. The van der Waals surface area contributed by atoms with Crippen LogP contribution in [-0.2, 0) is 0 Å². The molecular formula is C16H17N3OS. The van der Waals surface area contributed by atoms with Gasteiger partial charge in [0.1, 0.15) is 10.7 Å². The van der Waals surface area contributed by atoms with Crippen LogP contribution in [0.15, 0.2) is 42.6 Å². The summed E-state index contributed by atoms with van der Waals surface area (Å²) in [6.45, 7) is 4.51. The molecule has 0 aliphatic heterocycles. The van der Waals surface area contributed by atoms with Crippen molar-refractivity contribution in [2.75, 3.05) is 11.4 Å². The third-order valence-electron chi connectivity index (χ3n) is 3.17. The van der Waals surface area contributed by atoms with Crippen LogP contribution in [-0.4, -0.2) is 22.4 Å². The number of rotatable bonds is 4. The Kier molecular flexibility index (Phi) is 4.65. The largest absolute Gasteiger partial charge is 0.389 e. The molecule has 0 saturated heterocycles. The van der Waals surface area contributed by atoms with Gasteiger partial charge in [0, 0.05) is 24.0 Å². The van der Waals surface area contributed by atoms with Gasteiger partial charge in [0.2, 0.25) is 0 Å². The fourth-order valence-electron chi connectivity index (χ4n) is 1.97. The molecule has 1 amide bonds. The zero-order chi connectivity index (χ0) is 15.4. The van der Waals surface area contributed by atoms with E-state index in [-0.39, 0.29) is 10.9 Å². The quantitative estimate of drug-likeness (QED) is 0.882. The maximum atomic E-state index is 12.5. The number of benzene rings is 1. The number of hydrogen-bond acceptors (Lipinski definition) is 3. The van der Waals surface area contributed by atoms with E-state index in [1.807, 2.05) is 38.1 Å². The van der Waals surface area contributed by atoms with Gasteiger partial charge in [0.15, 0.2) is 0 Å². The van der Waals surface area contributed by atoms with Gasteiger partial charge in [-0.3, -0.25) is 9.78 Å². The molecule has 2 rings (SSSR count).